The summed E-state index contributed by atoms with van der Waals surface area (Å²) in [6, 6.07) is 26.4. The summed E-state index contributed by atoms with van der Waals surface area (Å²) in [7, 11) is 0. The van der Waals surface area contributed by atoms with E-state index in [1.807, 2.05) is 42.5 Å². The van der Waals surface area contributed by atoms with Crippen molar-refractivity contribution in [1.82, 2.24) is 0 Å². The predicted molar refractivity (Wildman–Crippen MR) is 101 cm³/mol. The van der Waals surface area contributed by atoms with Crippen LogP contribution in [0.1, 0.15) is 16.7 Å². The quantitative estimate of drug-likeness (QED) is 0.368. The SMILES string of the molecule is BrCc1ccc(/C=C/c2ccc(Oc3ccccc3)cc2)cc1. The number of alkyl halides is 1. The van der Waals surface area contributed by atoms with Crippen molar-refractivity contribution in [1.29, 1.82) is 0 Å². The van der Waals surface area contributed by atoms with E-state index in [0.717, 1.165) is 22.4 Å². The molecule has 0 saturated carbocycles. The van der Waals surface area contributed by atoms with Crippen molar-refractivity contribution >= 4 is 28.1 Å². The monoisotopic (exact) mass is 364 g/mol. The molecule has 0 radical (unpaired) electrons. The van der Waals surface area contributed by atoms with Crippen molar-refractivity contribution in [3.05, 3.63) is 95.6 Å². The smallest absolute Gasteiger partial charge is 0.127 e. The Kier molecular flexibility index (Phi) is 5.28. The van der Waals surface area contributed by atoms with Crippen LogP contribution in [-0.2, 0) is 5.33 Å². The van der Waals surface area contributed by atoms with E-state index < -0.39 is 0 Å². The third-order valence-electron chi connectivity index (χ3n) is 3.46. The lowest BCUT2D eigenvalue weighted by Gasteiger charge is -2.05. The van der Waals surface area contributed by atoms with E-state index in [2.05, 4.69) is 64.5 Å². The molecule has 2 heteroatoms. The van der Waals surface area contributed by atoms with Gasteiger partial charge in [-0.25, -0.2) is 0 Å². The van der Waals surface area contributed by atoms with Crippen LogP contribution in [0.25, 0.3) is 12.2 Å². The molecule has 0 amide bonds. The first-order valence-corrected chi connectivity index (χ1v) is 8.61. The molecule has 23 heavy (non-hydrogen) atoms. The number of halogens is 1. The fraction of sp³-hybridized carbons (Fsp3) is 0.0476. The molecular weight excluding hydrogens is 348 g/mol. The van der Waals surface area contributed by atoms with Crippen molar-refractivity contribution in [2.75, 3.05) is 0 Å². The lowest BCUT2D eigenvalue weighted by molar-refractivity contribution is 0.482. The zero-order valence-corrected chi connectivity index (χ0v) is 14.2. The number of hydrogen-bond donors (Lipinski definition) is 0. The highest BCUT2D eigenvalue weighted by atomic mass is 79.9. The first-order valence-electron chi connectivity index (χ1n) is 7.49. The van der Waals surface area contributed by atoms with Crippen LogP contribution in [0.5, 0.6) is 11.5 Å². The van der Waals surface area contributed by atoms with E-state index in [4.69, 9.17) is 4.74 Å². The Morgan fingerprint density at radius 1 is 0.652 bits per heavy atom. The average Bonchev–Trinajstić information content (AvgIpc) is 2.62. The fourth-order valence-electron chi connectivity index (χ4n) is 2.18. The zero-order chi connectivity index (χ0) is 15.9. The van der Waals surface area contributed by atoms with Gasteiger partial charge in [0.05, 0.1) is 0 Å². The number of benzene rings is 3. The molecule has 3 aromatic rings. The molecule has 0 heterocycles. The van der Waals surface area contributed by atoms with Gasteiger partial charge in [-0.15, -0.1) is 0 Å². The Morgan fingerprint density at radius 3 is 1.74 bits per heavy atom. The normalized spacial score (nSPS) is 10.8. The van der Waals surface area contributed by atoms with Crippen molar-refractivity contribution in [3.8, 4) is 11.5 Å². The molecule has 0 aromatic heterocycles. The minimum atomic E-state index is 0.843. The largest absolute Gasteiger partial charge is 0.457 e. The minimum absolute atomic E-state index is 0.843. The summed E-state index contributed by atoms with van der Waals surface area (Å²) in [6.07, 6.45) is 4.22. The molecule has 0 aliphatic carbocycles. The number of rotatable bonds is 5. The summed E-state index contributed by atoms with van der Waals surface area (Å²) in [4.78, 5) is 0. The second-order valence-electron chi connectivity index (χ2n) is 5.19. The van der Waals surface area contributed by atoms with Gasteiger partial charge >= 0.3 is 0 Å². The van der Waals surface area contributed by atoms with Crippen molar-refractivity contribution < 1.29 is 4.74 Å². The molecule has 0 aliphatic heterocycles. The van der Waals surface area contributed by atoms with Gasteiger partial charge in [0.25, 0.3) is 0 Å². The third kappa shape index (κ3) is 4.57. The summed E-state index contributed by atoms with van der Waals surface area (Å²) in [5.41, 5.74) is 3.62. The minimum Gasteiger partial charge on any atom is -0.457 e. The first kappa shape index (κ1) is 15.6. The second-order valence-corrected chi connectivity index (χ2v) is 5.75. The third-order valence-corrected chi connectivity index (χ3v) is 4.11. The molecule has 1 nitrogen and oxygen atoms in total. The molecule has 0 aliphatic rings. The molecule has 114 valence electrons. The van der Waals surface area contributed by atoms with Gasteiger partial charge in [-0.1, -0.05) is 82.7 Å². The van der Waals surface area contributed by atoms with Crippen LogP contribution in [0.4, 0.5) is 0 Å². The Morgan fingerprint density at radius 2 is 1.17 bits per heavy atom. The Bertz CT molecular complexity index is 759. The summed E-state index contributed by atoms with van der Waals surface area (Å²) in [5.74, 6) is 1.69. The molecule has 0 unspecified atom stereocenters. The molecule has 0 saturated heterocycles. The van der Waals surface area contributed by atoms with Crippen LogP contribution in [-0.4, -0.2) is 0 Å². The summed E-state index contributed by atoms with van der Waals surface area (Å²) in [5, 5.41) is 0.889. The molecule has 0 atom stereocenters. The molecule has 0 bridgehead atoms. The summed E-state index contributed by atoms with van der Waals surface area (Å²) < 4.78 is 5.79. The maximum absolute atomic E-state index is 5.79. The highest BCUT2D eigenvalue weighted by Crippen LogP contribution is 2.21. The van der Waals surface area contributed by atoms with Crippen molar-refractivity contribution in [2.45, 2.75) is 5.33 Å². The van der Waals surface area contributed by atoms with Gasteiger partial charge in [0.1, 0.15) is 11.5 Å². The average molecular weight is 365 g/mol. The summed E-state index contributed by atoms with van der Waals surface area (Å²) >= 11 is 3.46. The topological polar surface area (TPSA) is 9.23 Å². The Balaban J connectivity index is 1.65. The van der Waals surface area contributed by atoms with Gasteiger partial charge in [-0.05, 0) is 41.0 Å². The molecular formula is C21H17BrO. The van der Waals surface area contributed by atoms with E-state index in [1.165, 1.54) is 11.1 Å². The van der Waals surface area contributed by atoms with Crippen LogP contribution in [0, 0.1) is 0 Å². The van der Waals surface area contributed by atoms with Crippen LogP contribution < -0.4 is 4.74 Å². The number of hydrogen-bond acceptors (Lipinski definition) is 1. The second kappa shape index (κ2) is 7.80. The molecule has 0 fully saturated rings. The van der Waals surface area contributed by atoms with Gasteiger partial charge in [-0.2, -0.15) is 0 Å². The van der Waals surface area contributed by atoms with Gasteiger partial charge in [0.2, 0.25) is 0 Å². The molecule has 3 rings (SSSR count). The van der Waals surface area contributed by atoms with E-state index in [0.29, 0.717) is 0 Å². The fourth-order valence-corrected chi connectivity index (χ4v) is 2.56. The molecule has 0 spiro atoms. The van der Waals surface area contributed by atoms with Gasteiger partial charge in [0, 0.05) is 5.33 Å². The predicted octanol–water partition coefficient (Wildman–Crippen LogP) is 6.54. The standard InChI is InChI=1S/C21H17BrO/c22-16-19-10-8-17(9-11-19)6-7-18-12-14-21(15-13-18)23-20-4-2-1-3-5-20/h1-15H,16H2/b7-6+. The van der Waals surface area contributed by atoms with Crippen LogP contribution in [0.2, 0.25) is 0 Å². The van der Waals surface area contributed by atoms with E-state index in [1.54, 1.807) is 0 Å². The van der Waals surface area contributed by atoms with Gasteiger partial charge < -0.3 is 4.74 Å². The number of ether oxygens (including phenoxy) is 1. The lowest BCUT2D eigenvalue weighted by atomic mass is 10.1. The maximum atomic E-state index is 5.79. The Labute approximate surface area is 145 Å². The van der Waals surface area contributed by atoms with Gasteiger partial charge in [0.15, 0.2) is 0 Å². The van der Waals surface area contributed by atoms with Crippen LogP contribution >= 0.6 is 15.9 Å². The molecule has 0 N–H and O–H groups in total. The van der Waals surface area contributed by atoms with E-state index in [-0.39, 0.29) is 0 Å². The zero-order valence-electron chi connectivity index (χ0n) is 12.7. The maximum Gasteiger partial charge on any atom is 0.127 e. The van der Waals surface area contributed by atoms with Crippen molar-refractivity contribution in [3.63, 3.8) is 0 Å². The van der Waals surface area contributed by atoms with Crippen LogP contribution in [0.3, 0.4) is 0 Å². The summed E-state index contributed by atoms with van der Waals surface area (Å²) in [6.45, 7) is 0. The highest BCUT2D eigenvalue weighted by molar-refractivity contribution is 9.08. The van der Waals surface area contributed by atoms with Crippen LogP contribution in [0.15, 0.2) is 78.9 Å². The number of para-hydroxylation sites is 1. The van der Waals surface area contributed by atoms with Crippen molar-refractivity contribution in [2.24, 2.45) is 0 Å². The van der Waals surface area contributed by atoms with E-state index in [9.17, 15) is 0 Å². The van der Waals surface area contributed by atoms with E-state index >= 15 is 0 Å². The Hall–Kier alpha value is -2.32. The highest BCUT2D eigenvalue weighted by Gasteiger charge is 1.96. The van der Waals surface area contributed by atoms with Gasteiger partial charge in [-0.3, -0.25) is 0 Å². The lowest BCUT2D eigenvalue weighted by Crippen LogP contribution is -1.83. The first-order chi connectivity index (χ1) is 11.3. The molecule has 3 aromatic carbocycles.